The number of benzene rings is 1. The molecule has 160 valence electrons. The van der Waals surface area contributed by atoms with Crippen molar-refractivity contribution in [3.63, 3.8) is 0 Å². The first-order valence-electron chi connectivity index (χ1n) is 9.77. The molecule has 0 saturated carbocycles. The van der Waals surface area contributed by atoms with Crippen LogP contribution in [0.15, 0.2) is 47.4 Å². The number of thioether (sulfide) groups is 1. The molecular weight excluding hydrogens is 424 g/mol. The van der Waals surface area contributed by atoms with Crippen LogP contribution in [0.5, 0.6) is 0 Å². The molecule has 2 aliphatic heterocycles. The molecule has 0 N–H and O–H groups in total. The van der Waals surface area contributed by atoms with Gasteiger partial charge in [0.05, 0.1) is 16.4 Å². The number of imide groups is 1. The van der Waals surface area contributed by atoms with Crippen molar-refractivity contribution < 1.29 is 22.8 Å². The zero-order chi connectivity index (χ0) is 21.7. The van der Waals surface area contributed by atoms with Crippen LogP contribution in [-0.4, -0.2) is 65.9 Å². The van der Waals surface area contributed by atoms with Crippen LogP contribution in [-0.2, 0) is 19.4 Å². The highest BCUT2D eigenvalue weighted by Crippen LogP contribution is 2.31. The van der Waals surface area contributed by atoms with Crippen molar-refractivity contribution in [1.29, 1.82) is 0 Å². The number of hydrogen-bond acceptors (Lipinski definition) is 6. The highest BCUT2D eigenvalue weighted by molar-refractivity contribution is 8.18. The van der Waals surface area contributed by atoms with Gasteiger partial charge in [-0.05, 0) is 36.7 Å². The molecule has 7 nitrogen and oxygen atoms in total. The first-order chi connectivity index (χ1) is 14.3. The van der Waals surface area contributed by atoms with Crippen LogP contribution in [0.3, 0.4) is 0 Å². The summed E-state index contributed by atoms with van der Waals surface area (Å²) in [6, 6.07) is 9.25. The third kappa shape index (κ3) is 5.40. The number of allylic oxidation sites excluding steroid dienone is 2. The number of sulfone groups is 1. The Kier molecular flexibility index (Phi) is 7.14. The first kappa shape index (κ1) is 22.3. The number of nitrogens with zero attached hydrogens (tertiary/aromatic N) is 2. The average molecular weight is 449 g/mol. The van der Waals surface area contributed by atoms with Gasteiger partial charge in [0.2, 0.25) is 5.91 Å². The van der Waals surface area contributed by atoms with Crippen molar-refractivity contribution in [3.05, 3.63) is 53.0 Å². The Morgan fingerprint density at radius 3 is 2.63 bits per heavy atom. The second-order valence-corrected chi connectivity index (χ2v) is 10.3. The van der Waals surface area contributed by atoms with E-state index in [1.54, 1.807) is 24.0 Å². The summed E-state index contributed by atoms with van der Waals surface area (Å²) >= 11 is 0.851. The van der Waals surface area contributed by atoms with Crippen molar-refractivity contribution in [2.24, 2.45) is 0 Å². The van der Waals surface area contributed by atoms with Crippen molar-refractivity contribution in [2.75, 3.05) is 24.6 Å². The van der Waals surface area contributed by atoms with E-state index in [0.29, 0.717) is 17.9 Å². The summed E-state index contributed by atoms with van der Waals surface area (Å²) in [5.74, 6) is -0.593. The molecule has 0 aromatic heterocycles. The second kappa shape index (κ2) is 9.61. The highest BCUT2D eigenvalue weighted by Gasteiger charge is 2.37. The van der Waals surface area contributed by atoms with E-state index in [1.165, 1.54) is 0 Å². The summed E-state index contributed by atoms with van der Waals surface area (Å²) < 4.78 is 23.4. The maximum atomic E-state index is 12.6. The van der Waals surface area contributed by atoms with Crippen LogP contribution in [0, 0.1) is 0 Å². The Balaban J connectivity index is 1.58. The SMILES string of the molecule is CCN(C(=O)CCN1C(=O)S/C(=C\C=C\c2ccccc2)C1=O)C1CCS(=O)(=O)C1. The zero-order valence-electron chi connectivity index (χ0n) is 16.7. The quantitative estimate of drug-likeness (QED) is 0.596. The van der Waals surface area contributed by atoms with Crippen LogP contribution in [0.2, 0.25) is 0 Å². The summed E-state index contributed by atoms with van der Waals surface area (Å²) in [6.45, 7) is 2.18. The molecule has 0 bridgehead atoms. The molecule has 1 aromatic carbocycles. The topological polar surface area (TPSA) is 91.8 Å². The standard InChI is InChI=1S/C21H24N2O5S2/c1-2-22(17-12-14-30(27,28)15-17)19(24)11-13-23-20(25)18(29-21(23)26)10-6-9-16-7-4-3-5-8-16/h3-10,17H,2,11-15H2,1H3/b9-6+,18-10-. The maximum Gasteiger partial charge on any atom is 0.293 e. The molecular formula is C21H24N2O5S2. The molecule has 2 aliphatic rings. The van der Waals surface area contributed by atoms with E-state index in [0.717, 1.165) is 22.2 Å². The van der Waals surface area contributed by atoms with Crippen molar-refractivity contribution in [2.45, 2.75) is 25.8 Å². The maximum absolute atomic E-state index is 12.6. The smallest absolute Gasteiger partial charge is 0.293 e. The average Bonchev–Trinajstić information content (AvgIpc) is 3.20. The summed E-state index contributed by atoms with van der Waals surface area (Å²) in [7, 11) is -3.10. The molecule has 1 aromatic rings. The van der Waals surface area contributed by atoms with Crippen LogP contribution in [0.25, 0.3) is 6.08 Å². The lowest BCUT2D eigenvalue weighted by Gasteiger charge is -2.27. The largest absolute Gasteiger partial charge is 0.339 e. The Morgan fingerprint density at radius 2 is 2.00 bits per heavy atom. The second-order valence-electron chi connectivity index (χ2n) is 7.11. The molecule has 3 rings (SSSR count). The van der Waals surface area contributed by atoms with Gasteiger partial charge in [-0.2, -0.15) is 0 Å². The van der Waals surface area contributed by atoms with E-state index in [1.807, 2.05) is 36.4 Å². The van der Waals surface area contributed by atoms with E-state index < -0.39 is 21.0 Å². The Morgan fingerprint density at radius 1 is 1.27 bits per heavy atom. The molecule has 1 unspecified atom stereocenters. The van der Waals surface area contributed by atoms with Crippen molar-refractivity contribution in [3.8, 4) is 0 Å². The number of rotatable bonds is 7. The lowest BCUT2D eigenvalue weighted by atomic mass is 10.2. The predicted octanol–water partition coefficient (Wildman–Crippen LogP) is 2.70. The fourth-order valence-corrected chi connectivity index (χ4v) is 6.08. The Labute approximate surface area is 180 Å². The molecule has 3 amide bonds. The van der Waals surface area contributed by atoms with Gasteiger partial charge in [-0.3, -0.25) is 19.3 Å². The van der Waals surface area contributed by atoms with Gasteiger partial charge in [-0.1, -0.05) is 42.5 Å². The van der Waals surface area contributed by atoms with Gasteiger partial charge in [0, 0.05) is 25.6 Å². The summed E-state index contributed by atoms with van der Waals surface area (Å²) in [5, 5.41) is -0.404. The van der Waals surface area contributed by atoms with Gasteiger partial charge in [0.25, 0.3) is 11.1 Å². The van der Waals surface area contributed by atoms with Gasteiger partial charge in [-0.15, -0.1) is 0 Å². The normalized spacial score (nSPS) is 22.4. The van der Waals surface area contributed by atoms with Crippen molar-refractivity contribution in [1.82, 2.24) is 9.80 Å². The van der Waals surface area contributed by atoms with E-state index in [4.69, 9.17) is 0 Å². The molecule has 30 heavy (non-hydrogen) atoms. The molecule has 0 spiro atoms. The Bertz CT molecular complexity index is 986. The fourth-order valence-electron chi connectivity index (χ4n) is 3.53. The molecule has 0 aliphatic carbocycles. The van der Waals surface area contributed by atoms with Crippen LogP contribution >= 0.6 is 11.8 Å². The van der Waals surface area contributed by atoms with Gasteiger partial charge in [-0.25, -0.2) is 8.42 Å². The third-order valence-electron chi connectivity index (χ3n) is 5.07. The van der Waals surface area contributed by atoms with Gasteiger partial charge < -0.3 is 4.90 Å². The van der Waals surface area contributed by atoms with E-state index in [9.17, 15) is 22.8 Å². The lowest BCUT2D eigenvalue weighted by Crippen LogP contribution is -2.42. The van der Waals surface area contributed by atoms with E-state index >= 15 is 0 Å². The van der Waals surface area contributed by atoms with Gasteiger partial charge in [0.15, 0.2) is 9.84 Å². The van der Waals surface area contributed by atoms with Gasteiger partial charge >= 0.3 is 0 Å². The summed E-state index contributed by atoms with van der Waals surface area (Å²) in [4.78, 5) is 40.3. The molecule has 1 atom stereocenters. The van der Waals surface area contributed by atoms with Crippen LogP contribution in [0.4, 0.5) is 4.79 Å². The lowest BCUT2D eigenvalue weighted by molar-refractivity contribution is -0.133. The minimum Gasteiger partial charge on any atom is -0.339 e. The van der Waals surface area contributed by atoms with E-state index in [2.05, 4.69) is 0 Å². The van der Waals surface area contributed by atoms with Crippen LogP contribution in [0.1, 0.15) is 25.3 Å². The van der Waals surface area contributed by atoms with Crippen LogP contribution < -0.4 is 0 Å². The predicted molar refractivity (Wildman–Crippen MR) is 117 cm³/mol. The molecule has 9 heteroatoms. The fraction of sp³-hybridized carbons (Fsp3) is 0.381. The molecule has 2 fully saturated rings. The number of carbonyl (C=O) groups is 3. The zero-order valence-corrected chi connectivity index (χ0v) is 18.3. The van der Waals surface area contributed by atoms with Gasteiger partial charge in [0.1, 0.15) is 0 Å². The van der Waals surface area contributed by atoms with E-state index in [-0.39, 0.29) is 36.4 Å². The Hall–Kier alpha value is -2.39. The molecule has 0 radical (unpaired) electrons. The van der Waals surface area contributed by atoms with Crippen molar-refractivity contribution >= 4 is 44.7 Å². The minimum absolute atomic E-state index is 0.0147. The molecule has 2 saturated heterocycles. The molecule has 2 heterocycles. The summed E-state index contributed by atoms with van der Waals surface area (Å²) in [6.07, 6.45) is 5.57. The minimum atomic E-state index is -3.10. The third-order valence-corrected chi connectivity index (χ3v) is 7.74. The first-order valence-corrected chi connectivity index (χ1v) is 12.4. The number of carbonyl (C=O) groups excluding carboxylic acids is 3. The summed E-state index contributed by atoms with van der Waals surface area (Å²) in [5.41, 5.74) is 0.979. The number of hydrogen-bond donors (Lipinski definition) is 0. The number of amides is 3. The monoisotopic (exact) mass is 448 g/mol. The highest BCUT2D eigenvalue weighted by atomic mass is 32.2.